The fraction of sp³-hybridized carbons (Fsp3) is 0.412. The Kier molecular flexibility index (Phi) is 4.54. The average Bonchev–Trinajstić information content (AvgIpc) is 3.10. The molecule has 0 bridgehead atoms. The normalized spacial score (nSPS) is 18.4. The maximum Gasteiger partial charge on any atom is 0.231 e. The van der Waals surface area contributed by atoms with Gasteiger partial charge in [0.1, 0.15) is 0 Å². The maximum atomic E-state index is 11.4. The van der Waals surface area contributed by atoms with Gasteiger partial charge in [0.2, 0.25) is 12.7 Å². The molecule has 1 unspecified atom stereocenters. The number of nitrogens with zero attached hydrogens (tertiary/aromatic N) is 4. The van der Waals surface area contributed by atoms with Gasteiger partial charge in [-0.1, -0.05) is 6.07 Å². The summed E-state index contributed by atoms with van der Waals surface area (Å²) in [7, 11) is -1.04. The first kappa shape index (κ1) is 16.3. The van der Waals surface area contributed by atoms with Crippen molar-refractivity contribution in [1.29, 1.82) is 0 Å². The van der Waals surface area contributed by atoms with Crippen LogP contribution < -0.4 is 14.4 Å². The quantitative estimate of drug-likeness (QED) is 0.813. The topological polar surface area (TPSA) is 67.8 Å². The van der Waals surface area contributed by atoms with E-state index in [1.54, 1.807) is 18.6 Å². The van der Waals surface area contributed by atoms with Crippen LogP contribution in [0.3, 0.4) is 0 Å². The van der Waals surface area contributed by atoms with Gasteiger partial charge in [-0.25, -0.2) is 9.97 Å². The van der Waals surface area contributed by atoms with Gasteiger partial charge in [0, 0.05) is 51.4 Å². The average molecular weight is 360 g/mol. The molecule has 0 aliphatic carbocycles. The van der Waals surface area contributed by atoms with Crippen molar-refractivity contribution < 1.29 is 13.7 Å². The summed E-state index contributed by atoms with van der Waals surface area (Å²) in [5.41, 5.74) is 1.23. The summed E-state index contributed by atoms with van der Waals surface area (Å²) in [6.07, 6.45) is 4.93. The van der Waals surface area contributed by atoms with Crippen molar-refractivity contribution in [2.45, 2.75) is 11.4 Å². The van der Waals surface area contributed by atoms with Crippen LogP contribution in [0.4, 0.5) is 5.95 Å². The molecule has 0 spiro atoms. The molecule has 2 aliphatic heterocycles. The molecule has 132 valence electrons. The van der Waals surface area contributed by atoms with Gasteiger partial charge in [-0.3, -0.25) is 9.11 Å². The number of benzene rings is 1. The number of hydrogen-bond acceptors (Lipinski definition) is 7. The number of hydrogen-bond donors (Lipinski definition) is 0. The number of fused-ring (bicyclic) bond motifs is 1. The molecule has 4 rings (SSSR count). The Balaban J connectivity index is 1.34. The summed E-state index contributed by atoms with van der Waals surface area (Å²) in [6, 6.07) is 6.12. The van der Waals surface area contributed by atoms with Gasteiger partial charge in [0.15, 0.2) is 11.5 Å². The fourth-order valence-corrected chi connectivity index (χ4v) is 3.43. The minimum absolute atomic E-state index is 0.307. The zero-order valence-corrected chi connectivity index (χ0v) is 14.9. The van der Waals surface area contributed by atoms with Crippen molar-refractivity contribution in [2.75, 3.05) is 44.1 Å². The monoisotopic (exact) mass is 360 g/mol. The number of aromatic nitrogens is 2. The first-order chi connectivity index (χ1) is 12.2. The lowest BCUT2D eigenvalue weighted by atomic mass is 10.1. The molecular weight excluding hydrogens is 340 g/mol. The van der Waals surface area contributed by atoms with Gasteiger partial charge in [0.05, 0.1) is 15.7 Å². The zero-order valence-electron chi connectivity index (χ0n) is 14.1. The van der Waals surface area contributed by atoms with Crippen molar-refractivity contribution in [3.8, 4) is 11.5 Å². The third kappa shape index (κ3) is 3.59. The van der Waals surface area contributed by atoms with Crippen LogP contribution in [0.15, 0.2) is 35.5 Å². The molecule has 2 aromatic rings. The molecule has 2 aliphatic rings. The van der Waals surface area contributed by atoms with Crippen LogP contribution in [0.1, 0.15) is 5.56 Å². The summed E-state index contributed by atoms with van der Waals surface area (Å²) in [5, 5.41) is 0. The standard InChI is InChI=1S/C17H20N4O3S/c1-25(22)14-9-18-17(19-10-14)21-6-4-20(5-7-21)11-13-2-3-15-16(8-13)24-12-23-15/h2-3,8-10H,4-7,11-12H2,1H3. The second-order valence-electron chi connectivity index (χ2n) is 6.12. The highest BCUT2D eigenvalue weighted by Crippen LogP contribution is 2.32. The van der Waals surface area contributed by atoms with E-state index in [0.29, 0.717) is 17.6 Å². The third-order valence-electron chi connectivity index (χ3n) is 4.44. The van der Waals surface area contributed by atoms with E-state index in [-0.39, 0.29) is 0 Å². The van der Waals surface area contributed by atoms with Crippen LogP contribution in [0, 0.1) is 0 Å². The van der Waals surface area contributed by atoms with Gasteiger partial charge in [0.25, 0.3) is 0 Å². The van der Waals surface area contributed by atoms with E-state index in [9.17, 15) is 4.21 Å². The number of ether oxygens (including phenoxy) is 2. The van der Waals surface area contributed by atoms with Gasteiger partial charge in [-0.15, -0.1) is 0 Å². The molecule has 1 aromatic heterocycles. The van der Waals surface area contributed by atoms with E-state index in [0.717, 1.165) is 44.2 Å². The fourth-order valence-electron chi connectivity index (χ4n) is 3.02. The van der Waals surface area contributed by atoms with Crippen molar-refractivity contribution in [2.24, 2.45) is 0 Å². The van der Waals surface area contributed by atoms with Crippen molar-refractivity contribution in [1.82, 2.24) is 14.9 Å². The Morgan fingerprint density at radius 1 is 1.08 bits per heavy atom. The first-order valence-corrected chi connectivity index (χ1v) is 9.76. The zero-order chi connectivity index (χ0) is 17.2. The van der Waals surface area contributed by atoms with Crippen LogP contribution in [0.5, 0.6) is 11.5 Å². The smallest absolute Gasteiger partial charge is 0.231 e. The second-order valence-corrected chi connectivity index (χ2v) is 7.50. The lowest BCUT2D eigenvalue weighted by Crippen LogP contribution is -2.46. The molecule has 25 heavy (non-hydrogen) atoms. The predicted molar refractivity (Wildman–Crippen MR) is 94.4 cm³/mol. The van der Waals surface area contributed by atoms with Crippen molar-refractivity contribution in [3.63, 3.8) is 0 Å². The van der Waals surface area contributed by atoms with E-state index in [1.165, 1.54) is 5.56 Å². The molecule has 1 atom stereocenters. The molecule has 8 heteroatoms. The highest BCUT2D eigenvalue weighted by Gasteiger charge is 2.20. The molecule has 1 aromatic carbocycles. The summed E-state index contributed by atoms with van der Waals surface area (Å²) in [4.78, 5) is 13.9. The van der Waals surface area contributed by atoms with Gasteiger partial charge < -0.3 is 14.4 Å². The molecule has 0 amide bonds. The van der Waals surface area contributed by atoms with Gasteiger partial charge in [-0.05, 0) is 17.7 Å². The Labute approximate surface area is 149 Å². The van der Waals surface area contributed by atoms with Crippen LogP contribution in [0.2, 0.25) is 0 Å². The molecule has 0 N–H and O–H groups in total. The summed E-state index contributed by atoms with van der Waals surface area (Å²) in [6.45, 7) is 4.83. The van der Waals surface area contributed by atoms with Crippen LogP contribution in [0.25, 0.3) is 0 Å². The Morgan fingerprint density at radius 2 is 1.80 bits per heavy atom. The minimum Gasteiger partial charge on any atom is -0.454 e. The molecule has 0 radical (unpaired) electrons. The third-order valence-corrected chi connectivity index (χ3v) is 5.32. The molecule has 3 heterocycles. The van der Waals surface area contributed by atoms with Crippen LogP contribution in [-0.4, -0.2) is 58.3 Å². The minimum atomic E-state index is -1.04. The Morgan fingerprint density at radius 3 is 2.52 bits per heavy atom. The number of piperazine rings is 1. The van der Waals surface area contributed by atoms with E-state index < -0.39 is 10.8 Å². The van der Waals surface area contributed by atoms with Gasteiger partial charge in [-0.2, -0.15) is 0 Å². The van der Waals surface area contributed by atoms with Crippen molar-refractivity contribution in [3.05, 3.63) is 36.2 Å². The molecule has 1 fully saturated rings. The maximum absolute atomic E-state index is 11.4. The predicted octanol–water partition coefficient (Wildman–Crippen LogP) is 1.26. The highest BCUT2D eigenvalue weighted by molar-refractivity contribution is 7.84. The molecular formula is C17H20N4O3S. The van der Waals surface area contributed by atoms with E-state index >= 15 is 0 Å². The van der Waals surface area contributed by atoms with Crippen LogP contribution in [-0.2, 0) is 17.3 Å². The summed E-state index contributed by atoms with van der Waals surface area (Å²) >= 11 is 0. The molecule has 7 nitrogen and oxygen atoms in total. The SMILES string of the molecule is CS(=O)c1cnc(N2CCN(Cc3ccc4c(c3)OCO4)CC2)nc1. The van der Waals surface area contributed by atoms with E-state index in [4.69, 9.17) is 9.47 Å². The number of anilines is 1. The van der Waals surface area contributed by atoms with Gasteiger partial charge >= 0.3 is 0 Å². The molecule has 0 saturated carbocycles. The van der Waals surface area contributed by atoms with E-state index in [1.807, 2.05) is 6.07 Å². The Bertz CT molecular complexity index is 776. The number of rotatable bonds is 4. The lowest BCUT2D eigenvalue weighted by molar-refractivity contribution is 0.174. The van der Waals surface area contributed by atoms with E-state index in [2.05, 4.69) is 31.9 Å². The lowest BCUT2D eigenvalue weighted by Gasteiger charge is -2.34. The van der Waals surface area contributed by atoms with Crippen molar-refractivity contribution >= 4 is 16.7 Å². The highest BCUT2D eigenvalue weighted by atomic mass is 32.2. The Hall–Kier alpha value is -2.19. The molecule has 1 saturated heterocycles. The largest absolute Gasteiger partial charge is 0.454 e. The second kappa shape index (κ2) is 6.97. The summed E-state index contributed by atoms with van der Waals surface area (Å²) < 4.78 is 22.2. The first-order valence-electron chi connectivity index (χ1n) is 8.20. The summed E-state index contributed by atoms with van der Waals surface area (Å²) in [5.74, 6) is 2.36. The van der Waals surface area contributed by atoms with Crippen LogP contribution >= 0.6 is 0 Å².